The van der Waals surface area contributed by atoms with Gasteiger partial charge in [0.05, 0.1) is 5.69 Å². The molecule has 0 saturated carbocycles. The molecule has 0 bridgehead atoms. The molecule has 0 fully saturated rings. The second-order valence-corrected chi connectivity index (χ2v) is 3.54. The second kappa shape index (κ2) is 5.45. The minimum Gasteiger partial charge on any atom is -0.368 e. The van der Waals surface area contributed by atoms with Crippen LogP contribution in [-0.4, -0.2) is 27.4 Å². The van der Waals surface area contributed by atoms with Crippen LogP contribution in [0.1, 0.15) is 31.0 Å². The van der Waals surface area contributed by atoms with E-state index >= 15 is 0 Å². The van der Waals surface area contributed by atoms with Crippen LogP contribution >= 0.6 is 0 Å². The van der Waals surface area contributed by atoms with Gasteiger partial charge in [-0.1, -0.05) is 5.21 Å². The summed E-state index contributed by atoms with van der Waals surface area (Å²) in [6.45, 7) is 2.45. The number of hydrogen-bond acceptors (Lipinski definition) is 4. The maximum atomic E-state index is 11.2. The zero-order valence-electron chi connectivity index (χ0n) is 8.89. The first-order valence-electron chi connectivity index (χ1n) is 5.03. The monoisotopic (exact) mass is 211 g/mol. The second-order valence-electron chi connectivity index (χ2n) is 3.54. The highest BCUT2D eigenvalue weighted by Gasteiger charge is 2.17. The van der Waals surface area contributed by atoms with Crippen molar-refractivity contribution in [2.45, 2.75) is 32.2 Å². The number of unbranched alkanes of at least 4 members (excludes halogenated alkanes) is 1. The van der Waals surface area contributed by atoms with Gasteiger partial charge in [0, 0.05) is 6.20 Å². The zero-order valence-corrected chi connectivity index (χ0v) is 8.89. The van der Waals surface area contributed by atoms with Crippen molar-refractivity contribution in [1.29, 1.82) is 0 Å². The number of carbonyl (C=O) groups is 1. The first-order chi connectivity index (χ1) is 7.15. The van der Waals surface area contributed by atoms with Crippen LogP contribution in [0.5, 0.6) is 0 Å². The van der Waals surface area contributed by atoms with Crippen LogP contribution in [0.4, 0.5) is 0 Å². The lowest BCUT2D eigenvalue weighted by Gasteiger charge is -2.12. The van der Waals surface area contributed by atoms with Gasteiger partial charge in [-0.05, 0) is 32.7 Å². The highest BCUT2D eigenvalue weighted by atomic mass is 16.1. The van der Waals surface area contributed by atoms with Gasteiger partial charge in [0.25, 0.3) is 0 Å². The number of carbonyl (C=O) groups excluding carboxylic acids is 1. The quantitative estimate of drug-likeness (QED) is 0.633. The molecule has 6 heteroatoms. The number of nitrogens with two attached hydrogens (primary N) is 2. The van der Waals surface area contributed by atoms with E-state index < -0.39 is 6.04 Å². The molecular weight excluding hydrogens is 194 g/mol. The third kappa shape index (κ3) is 3.32. The van der Waals surface area contributed by atoms with Gasteiger partial charge < -0.3 is 11.5 Å². The molecule has 1 heterocycles. The molecule has 84 valence electrons. The Morgan fingerprint density at radius 1 is 1.60 bits per heavy atom. The molecule has 1 aromatic heterocycles. The van der Waals surface area contributed by atoms with Gasteiger partial charge in [-0.3, -0.25) is 4.79 Å². The Bertz CT molecular complexity index is 322. The normalized spacial score (nSPS) is 12.7. The molecule has 1 rings (SSSR count). The van der Waals surface area contributed by atoms with Crippen LogP contribution < -0.4 is 11.5 Å². The van der Waals surface area contributed by atoms with E-state index in [0.717, 1.165) is 18.5 Å². The lowest BCUT2D eigenvalue weighted by molar-refractivity contribution is -0.121. The van der Waals surface area contributed by atoms with E-state index in [1.165, 1.54) is 4.68 Å². The molecule has 0 aliphatic rings. The third-order valence-corrected chi connectivity index (χ3v) is 2.20. The van der Waals surface area contributed by atoms with Crippen molar-refractivity contribution in [2.75, 3.05) is 6.54 Å². The minimum absolute atomic E-state index is 0.378. The van der Waals surface area contributed by atoms with Crippen molar-refractivity contribution >= 4 is 5.91 Å². The van der Waals surface area contributed by atoms with Crippen LogP contribution in [0.15, 0.2) is 6.20 Å². The zero-order chi connectivity index (χ0) is 11.3. The first-order valence-corrected chi connectivity index (χ1v) is 5.03. The van der Waals surface area contributed by atoms with Crippen molar-refractivity contribution in [1.82, 2.24) is 15.0 Å². The van der Waals surface area contributed by atoms with Gasteiger partial charge in [-0.15, -0.1) is 5.10 Å². The molecule has 0 saturated heterocycles. The highest BCUT2D eigenvalue weighted by molar-refractivity contribution is 5.78. The summed E-state index contributed by atoms with van der Waals surface area (Å²) >= 11 is 0. The predicted molar refractivity (Wildman–Crippen MR) is 55.9 cm³/mol. The Hall–Kier alpha value is -1.43. The molecule has 0 aromatic carbocycles. The summed E-state index contributed by atoms with van der Waals surface area (Å²) in [5, 5.41) is 7.68. The standard InChI is InChI=1S/C9H17N5O/c1-7-6-14(13-12-7)8(9(11)15)4-2-3-5-10/h6,8H,2-5,10H2,1H3,(H2,11,15). The highest BCUT2D eigenvalue weighted by Crippen LogP contribution is 2.13. The van der Waals surface area contributed by atoms with E-state index in [-0.39, 0.29) is 5.91 Å². The molecule has 0 aliphatic heterocycles. The summed E-state index contributed by atoms with van der Waals surface area (Å²) in [6, 6.07) is -0.405. The van der Waals surface area contributed by atoms with Gasteiger partial charge in [0.1, 0.15) is 6.04 Å². The summed E-state index contributed by atoms with van der Waals surface area (Å²) in [4.78, 5) is 11.2. The Labute approximate surface area is 88.6 Å². The number of rotatable bonds is 6. The molecule has 1 amide bonds. The molecule has 1 atom stereocenters. The van der Waals surface area contributed by atoms with E-state index in [1.54, 1.807) is 6.20 Å². The number of aromatic nitrogens is 3. The number of hydrogen-bond donors (Lipinski definition) is 2. The van der Waals surface area contributed by atoms with Crippen LogP contribution in [0.25, 0.3) is 0 Å². The summed E-state index contributed by atoms with van der Waals surface area (Å²) in [5.41, 5.74) is 11.5. The van der Waals surface area contributed by atoms with E-state index in [1.807, 2.05) is 6.92 Å². The molecular formula is C9H17N5O. The van der Waals surface area contributed by atoms with Crippen molar-refractivity contribution in [3.05, 3.63) is 11.9 Å². The average molecular weight is 211 g/mol. The summed E-state index contributed by atoms with van der Waals surface area (Å²) in [6.07, 6.45) is 4.13. The Morgan fingerprint density at radius 2 is 2.33 bits per heavy atom. The third-order valence-electron chi connectivity index (χ3n) is 2.20. The lowest BCUT2D eigenvalue weighted by atomic mass is 10.1. The Balaban J connectivity index is 2.62. The predicted octanol–water partition coefficient (Wildman–Crippen LogP) is -0.258. The minimum atomic E-state index is -0.405. The van der Waals surface area contributed by atoms with Crippen LogP contribution in [0.3, 0.4) is 0 Å². The topological polar surface area (TPSA) is 99.8 Å². The fourth-order valence-corrected chi connectivity index (χ4v) is 1.40. The number of amides is 1. The molecule has 0 aliphatic carbocycles. The Morgan fingerprint density at radius 3 is 2.80 bits per heavy atom. The Kier molecular flexibility index (Phi) is 4.23. The summed E-state index contributed by atoms with van der Waals surface area (Å²) < 4.78 is 1.52. The summed E-state index contributed by atoms with van der Waals surface area (Å²) in [5.74, 6) is -0.378. The molecule has 6 nitrogen and oxygen atoms in total. The molecule has 1 unspecified atom stereocenters. The van der Waals surface area contributed by atoms with E-state index in [0.29, 0.717) is 13.0 Å². The first kappa shape index (κ1) is 11.6. The van der Waals surface area contributed by atoms with E-state index in [9.17, 15) is 4.79 Å². The summed E-state index contributed by atoms with van der Waals surface area (Å²) in [7, 11) is 0. The van der Waals surface area contributed by atoms with Crippen molar-refractivity contribution in [3.63, 3.8) is 0 Å². The van der Waals surface area contributed by atoms with Crippen molar-refractivity contribution < 1.29 is 4.79 Å². The number of primary amides is 1. The fraction of sp³-hybridized carbons (Fsp3) is 0.667. The molecule has 1 aromatic rings. The van der Waals surface area contributed by atoms with Crippen LogP contribution in [-0.2, 0) is 4.79 Å². The van der Waals surface area contributed by atoms with Crippen LogP contribution in [0.2, 0.25) is 0 Å². The van der Waals surface area contributed by atoms with Gasteiger partial charge in [0.15, 0.2) is 0 Å². The fourth-order valence-electron chi connectivity index (χ4n) is 1.40. The molecule has 15 heavy (non-hydrogen) atoms. The smallest absolute Gasteiger partial charge is 0.242 e. The lowest BCUT2D eigenvalue weighted by Crippen LogP contribution is -2.27. The van der Waals surface area contributed by atoms with Gasteiger partial charge in [0.2, 0.25) is 5.91 Å². The van der Waals surface area contributed by atoms with E-state index in [4.69, 9.17) is 11.5 Å². The SMILES string of the molecule is Cc1cn(C(CCCCN)C(N)=O)nn1. The van der Waals surface area contributed by atoms with Crippen molar-refractivity contribution in [3.8, 4) is 0 Å². The molecule has 0 spiro atoms. The maximum Gasteiger partial charge on any atom is 0.242 e. The molecule has 0 radical (unpaired) electrons. The van der Waals surface area contributed by atoms with E-state index in [2.05, 4.69) is 10.3 Å². The molecule has 4 N–H and O–H groups in total. The number of aryl methyl sites for hydroxylation is 1. The van der Waals surface area contributed by atoms with Crippen molar-refractivity contribution in [2.24, 2.45) is 11.5 Å². The number of nitrogens with zero attached hydrogens (tertiary/aromatic N) is 3. The van der Waals surface area contributed by atoms with Crippen LogP contribution in [0, 0.1) is 6.92 Å². The largest absolute Gasteiger partial charge is 0.368 e. The average Bonchev–Trinajstić information content (AvgIpc) is 2.59. The van der Waals surface area contributed by atoms with Gasteiger partial charge >= 0.3 is 0 Å². The maximum absolute atomic E-state index is 11.2. The van der Waals surface area contributed by atoms with Gasteiger partial charge in [-0.2, -0.15) is 0 Å². The van der Waals surface area contributed by atoms with Gasteiger partial charge in [-0.25, -0.2) is 4.68 Å².